The summed E-state index contributed by atoms with van der Waals surface area (Å²) in [5, 5.41) is 10.8. The maximum atomic E-state index is 10.8. The molecule has 19 heavy (non-hydrogen) atoms. The van der Waals surface area contributed by atoms with E-state index in [2.05, 4.69) is 0 Å². The fourth-order valence-corrected chi connectivity index (χ4v) is 2.35. The summed E-state index contributed by atoms with van der Waals surface area (Å²) in [6.07, 6.45) is 3.01. The molecule has 0 saturated heterocycles. The lowest BCUT2D eigenvalue weighted by Gasteiger charge is -2.17. The van der Waals surface area contributed by atoms with E-state index in [0.717, 1.165) is 19.3 Å². The molecule has 0 aliphatic heterocycles. The van der Waals surface area contributed by atoms with Crippen molar-refractivity contribution in [2.24, 2.45) is 5.73 Å². The summed E-state index contributed by atoms with van der Waals surface area (Å²) in [5.74, 6) is 0.595. The van der Waals surface area contributed by atoms with Crippen LogP contribution in [0.5, 0.6) is 5.75 Å². The van der Waals surface area contributed by atoms with Crippen molar-refractivity contribution in [2.45, 2.75) is 38.0 Å². The zero-order chi connectivity index (χ0) is 13.8. The highest BCUT2D eigenvalue weighted by Gasteiger charge is 2.25. The summed E-state index contributed by atoms with van der Waals surface area (Å²) in [6.45, 7) is 0.281. The van der Waals surface area contributed by atoms with Crippen molar-refractivity contribution in [1.29, 1.82) is 0 Å². The van der Waals surface area contributed by atoms with Gasteiger partial charge in [0.1, 0.15) is 5.75 Å². The quantitative estimate of drug-likeness (QED) is 0.650. The number of ether oxygens (including phenoxy) is 2. The van der Waals surface area contributed by atoms with E-state index in [0.29, 0.717) is 11.3 Å². The predicted octanol–water partition coefficient (Wildman–Crippen LogP) is 2.00. The smallest absolute Gasteiger partial charge is 0.270 e. The minimum Gasteiger partial charge on any atom is -0.496 e. The van der Waals surface area contributed by atoms with Gasteiger partial charge in [-0.15, -0.1) is 0 Å². The van der Waals surface area contributed by atoms with Gasteiger partial charge in [0.15, 0.2) is 0 Å². The van der Waals surface area contributed by atoms with Crippen molar-refractivity contribution in [1.82, 2.24) is 0 Å². The fourth-order valence-electron chi connectivity index (χ4n) is 2.35. The molecule has 2 rings (SSSR count). The zero-order valence-electron chi connectivity index (χ0n) is 10.9. The number of nitro groups is 1. The van der Waals surface area contributed by atoms with Gasteiger partial charge < -0.3 is 15.2 Å². The van der Waals surface area contributed by atoms with Gasteiger partial charge in [-0.1, -0.05) is 0 Å². The molecule has 0 bridgehead atoms. The van der Waals surface area contributed by atoms with Crippen LogP contribution in [0.3, 0.4) is 0 Å². The Morgan fingerprint density at radius 3 is 2.84 bits per heavy atom. The van der Waals surface area contributed by atoms with Crippen LogP contribution >= 0.6 is 0 Å². The van der Waals surface area contributed by atoms with E-state index in [1.807, 2.05) is 0 Å². The lowest BCUT2D eigenvalue weighted by Crippen LogP contribution is -2.31. The Balaban J connectivity index is 2.09. The number of nitrogens with two attached hydrogens (primary N) is 1. The van der Waals surface area contributed by atoms with E-state index in [1.165, 1.54) is 19.2 Å². The minimum atomic E-state index is -0.426. The molecule has 104 valence electrons. The van der Waals surface area contributed by atoms with Gasteiger partial charge in [0.2, 0.25) is 0 Å². The standard InChI is InChI=1S/C13H18N2O4/c1-18-12-6-5-10(15(16)17)7-9(12)8-19-13-4-2-3-11(13)14/h5-7,11,13H,2-4,8,14H2,1H3. The minimum absolute atomic E-state index is 0.0315. The van der Waals surface area contributed by atoms with E-state index < -0.39 is 4.92 Å². The van der Waals surface area contributed by atoms with Crippen LogP contribution in [0, 0.1) is 10.1 Å². The second-order valence-electron chi connectivity index (χ2n) is 4.70. The van der Waals surface area contributed by atoms with Gasteiger partial charge in [-0.25, -0.2) is 0 Å². The van der Waals surface area contributed by atoms with Crippen molar-refractivity contribution in [2.75, 3.05) is 7.11 Å². The molecule has 2 atom stereocenters. The third kappa shape index (κ3) is 3.21. The SMILES string of the molecule is COc1ccc([N+](=O)[O-])cc1COC1CCCC1N. The Hall–Kier alpha value is -1.66. The van der Waals surface area contributed by atoms with Gasteiger partial charge >= 0.3 is 0 Å². The normalized spacial score (nSPS) is 22.4. The number of nitro benzene ring substituents is 1. The molecule has 0 aromatic heterocycles. The number of benzene rings is 1. The average Bonchev–Trinajstić information content (AvgIpc) is 2.81. The molecule has 0 amide bonds. The Morgan fingerprint density at radius 1 is 1.47 bits per heavy atom. The van der Waals surface area contributed by atoms with Crippen molar-refractivity contribution in [3.63, 3.8) is 0 Å². The van der Waals surface area contributed by atoms with Crippen LogP contribution in [0.25, 0.3) is 0 Å². The van der Waals surface area contributed by atoms with E-state index in [9.17, 15) is 10.1 Å². The van der Waals surface area contributed by atoms with Gasteiger partial charge in [0, 0.05) is 23.7 Å². The van der Waals surface area contributed by atoms with Crippen molar-refractivity contribution >= 4 is 5.69 Å². The zero-order valence-corrected chi connectivity index (χ0v) is 10.9. The monoisotopic (exact) mass is 266 g/mol. The third-order valence-electron chi connectivity index (χ3n) is 3.43. The number of nitrogens with zero attached hydrogens (tertiary/aromatic N) is 1. The number of methoxy groups -OCH3 is 1. The van der Waals surface area contributed by atoms with Gasteiger partial charge in [0.05, 0.1) is 24.7 Å². The van der Waals surface area contributed by atoms with Crippen LogP contribution in [0.2, 0.25) is 0 Å². The molecular weight excluding hydrogens is 248 g/mol. The summed E-state index contributed by atoms with van der Waals surface area (Å²) >= 11 is 0. The van der Waals surface area contributed by atoms with Crippen LogP contribution < -0.4 is 10.5 Å². The molecule has 1 aliphatic rings. The number of non-ortho nitro benzene ring substituents is 1. The van der Waals surface area contributed by atoms with E-state index in [1.54, 1.807) is 6.07 Å². The first kappa shape index (κ1) is 13.8. The van der Waals surface area contributed by atoms with Crippen LogP contribution in [-0.4, -0.2) is 24.2 Å². The van der Waals surface area contributed by atoms with Crippen LogP contribution in [0.4, 0.5) is 5.69 Å². The molecule has 1 saturated carbocycles. The topological polar surface area (TPSA) is 87.6 Å². The Morgan fingerprint density at radius 2 is 2.26 bits per heavy atom. The molecule has 1 aliphatic carbocycles. The van der Waals surface area contributed by atoms with E-state index in [4.69, 9.17) is 15.2 Å². The third-order valence-corrected chi connectivity index (χ3v) is 3.43. The molecule has 6 nitrogen and oxygen atoms in total. The summed E-state index contributed by atoms with van der Waals surface area (Å²) < 4.78 is 10.9. The highest BCUT2D eigenvalue weighted by atomic mass is 16.6. The number of rotatable bonds is 5. The fraction of sp³-hybridized carbons (Fsp3) is 0.538. The maximum Gasteiger partial charge on any atom is 0.270 e. The van der Waals surface area contributed by atoms with Crippen LogP contribution in [-0.2, 0) is 11.3 Å². The first-order chi connectivity index (χ1) is 9.11. The number of hydrogen-bond acceptors (Lipinski definition) is 5. The Labute approximate surface area is 111 Å². The summed E-state index contributed by atoms with van der Waals surface area (Å²) in [7, 11) is 1.53. The van der Waals surface area contributed by atoms with Crippen molar-refractivity contribution in [3.8, 4) is 5.75 Å². The van der Waals surface area contributed by atoms with Gasteiger partial charge in [-0.2, -0.15) is 0 Å². The summed E-state index contributed by atoms with van der Waals surface area (Å²) in [4.78, 5) is 10.3. The highest BCUT2D eigenvalue weighted by molar-refractivity contribution is 5.43. The molecule has 2 unspecified atom stereocenters. The van der Waals surface area contributed by atoms with Crippen LogP contribution in [0.15, 0.2) is 18.2 Å². The first-order valence-corrected chi connectivity index (χ1v) is 6.30. The molecule has 0 radical (unpaired) electrons. The largest absolute Gasteiger partial charge is 0.496 e. The van der Waals surface area contributed by atoms with Gasteiger partial charge in [0.25, 0.3) is 5.69 Å². The van der Waals surface area contributed by atoms with Crippen LogP contribution in [0.1, 0.15) is 24.8 Å². The molecule has 2 N–H and O–H groups in total. The second-order valence-corrected chi connectivity index (χ2v) is 4.70. The molecule has 1 aromatic rings. The molecular formula is C13H18N2O4. The van der Waals surface area contributed by atoms with E-state index in [-0.39, 0.29) is 24.4 Å². The van der Waals surface area contributed by atoms with Gasteiger partial charge in [-0.05, 0) is 25.3 Å². The Kier molecular flexibility index (Phi) is 4.34. The Bertz CT molecular complexity index is 464. The molecule has 0 spiro atoms. The predicted molar refractivity (Wildman–Crippen MR) is 70.1 cm³/mol. The van der Waals surface area contributed by atoms with Crippen molar-refractivity contribution < 1.29 is 14.4 Å². The molecule has 1 aromatic carbocycles. The van der Waals surface area contributed by atoms with Gasteiger partial charge in [-0.3, -0.25) is 10.1 Å². The second kappa shape index (κ2) is 5.99. The highest BCUT2D eigenvalue weighted by Crippen LogP contribution is 2.27. The lowest BCUT2D eigenvalue weighted by molar-refractivity contribution is -0.385. The lowest BCUT2D eigenvalue weighted by atomic mass is 10.2. The average molecular weight is 266 g/mol. The van der Waals surface area contributed by atoms with E-state index >= 15 is 0 Å². The first-order valence-electron chi connectivity index (χ1n) is 6.30. The number of hydrogen-bond donors (Lipinski definition) is 1. The molecule has 0 heterocycles. The molecule has 6 heteroatoms. The summed E-state index contributed by atoms with van der Waals surface area (Å²) in [5.41, 5.74) is 6.64. The van der Waals surface area contributed by atoms with Crippen molar-refractivity contribution in [3.05, 3.63) is 33.9 Å². The molecule has 1 fully saturated rings. The summed E-state index contributed by atoms with van der Waals surface area (Å²) in [6, 6.07) is 4.55. The maximum absolute atomic E-state index is 10.8.